The summed E-state index contributed by atoms with van der Waals surface area (Å²) in [7, 11) is 4.32. The molecule has 0 atom stereocenters. The summed E-state index contributed by atoms with van der Waals surface area (Å²) in [6.07, 6.45) is 13.8. The molecule has 12 nitrogen and oxygen atoms in total. The van der Waals surface area contributed by atoms with Gasteiger partial charge >= 0.3 is 41.5 Å². The van der Waals surface area contributed by atoms with Gasteiger partial charge in [-0.3, -0.25) is 14.5 Å². The number of hydrogen-bond donors (Lipinski definition) is 1. The van der Waals surface area contributed by atoms with Gasteiger partial charge < -0.3 is 32.2 Å². The van der Waals surface area contributed by atoms with Crippen molar-refractivity contribution in [1.29, 1.82) is 0 Å². The average Bonchev–Trinajstić information content (AvgIpc) is 3.74. The molecule has 3 fully saturated rings. The van der Waals surface area contributed by atoms with E-state index in [1.165, 1.54) is 25.3 Å². The van der Waals surface area contributed by atoms with Crippen molar-refractivity contribution in [2.45, 2.75) is 40.2 Å². The number of carbonyl (C=O) groups excluding carboxylic acids is 4. The van der Waals surface area contributed by atoms with Crippen LogP contribution in [0.25, 0.3) is 0 Å². The molecule has 5 rings (SSSR count). The molecule has 0 aliphatic carbocycles. The van der Waals surface area contributed by atoms with Crippen LogP contribution in [-0.2, 0) is 49.6 Å². The minimum atomic E-state index is -0.639. The zero-order valence-electron chi connectivity index (χ0n) is 29.7. The van der Waals surface area contributed by atoms with Gasteiger partial charge in [-0.1, -0.05) is 36.1 Å². The van der Waals surface area contributed by atoms with E-state index in [1.54, 1.807) is 24.3 Å². The average molecular weight is 702 g/mol. The van der Waals surface area contributed by atoms with E-state index in [9.17, 15) is 19.2 Å². The third-order valence-corrected chi connectivity index (χ3v) is 5.96. The number of carbonyl (C=O) groups is 4. The number of nitrogens with zero attached hydrogens (tertiary/aromatic N) is 1. The molecule has 0 amide bonds. The first-order chi connectivity index (χ1) is 23.6. The first-order valence-corrected chi connectivity index (χ1v) is 15.6. The van der Waals surface area contributed by atoms with Gasteiger partial charge in [0.25, 0.3) is 0 Å². The molecular weight excluding hydrogens is 654 g/mol. The smallest absolute Gasteiger partial charge is 0.793 e. The van der Waals surface area contributed by atoms with E-state index < -0.39 is 17.9 Å². The minimum Gasteiger partial charge on any atom is -0.793 e. The number of terminal acetylenes is 2. The van der Waals surface area contributed by atoms with Gasteiger partial charge in [0.05, 0.1) is 26.4 Å². The Morgan fingerprint density at radius 3 is 1.48 bits per heavy atom. The topological polar surface area (TPSA) is 139 Å². The molecule has 0 bridgehead atoms. The van der Waals surface area contributed by atoms with Crippen molar-refractivity contribution in [2.75, 3.05) is 65.8 Å². The monoisotopic (exact) mass is 701 g/mol. The molecule has 2 aromatic carbocycles. The van der Waals surface area contributed by atoms with E-state index in [0.29, 0.717) is 5.56 Å². The van der Waals surface area contributed by atoms with E-state index in [-0.39, 0.29) is 29.6 Å². The minimum absolute atomic E-state index is 0. The van der Waals surface area contributed by atoms with Gasteiger partial charge in [0.2, 0.25) is 5.97 Å². The Balaban J connectivity index is 0. The summed E-state index contributed by atoms with van der Waals surface area (Å²) < 4.78 is 18.9. The van der Waals surface area contributed by atoms with Crippen LogP contribution in [0.3, 0.4) is 0 Å². The standard InChI is InChI=1S/C13H15NO.C9H6O.C4H9NO.C4H6O4.C4H8O.C2H3BO2.Na/c1-2-12-3-5-13(6-4-12)11-14-7-9-15-10-8-14;1-2-8-3-5-9(7-10)6-4-8;1-3-6-4-2-5-1;1-3(5)7-8-4(2)6;1-2-4-5-3-1;1-2(4)5-3;/h1,3-6H,7-11H2;1,3-7H;5H,1-4H2;1-2H3;1-4H2;1H3;/q;;;;;-1;+1. The third-order valence-electron chi connectivity index (χ3n) is 5.96. The normalized spacial score (nSPS) is 14.0. The second-order valence-electron chi connectivity index (χ2n) is 10.1. The van der Waals surface area contributed by atoms with Gasteiger partial charge in [-0.25, -0.2) is 19.4 Å². The van der Waals surface area contributed by atoms with Crippen LogP contribution in [0.2, 0.25) is 0 Å². The molecule has 0 aromatic heterocycles. The number of aldehydes is 1. The van der Waals surface area contributed by atoms with Crippen molar-refractivity contribution >= 4 is 32.2 Å². The van der Waals surface area contributed by atoms with Crippen LogP contribution in [0.4, 0.5) is 0 Å². The zero-order valence-corrected chi connectivity index (χ0v) is 31.7. The van der Waals surface area contributed by atoms with Crippen molar-refractivity contribution in [3.05, 3.63) is 70.8 Å². The van der Waals surface area contributed by atoms with Crippen LogP contribution >= 0.6 is 0 Å². The molecule has 265 valence electrons. The molecule has 50 heavy (non-hydrogen) atoms. The summed E-state index contributed by atoms with van der Waals surface area (Å²) in [4.78, 5) is 49.3. The number of benzene rings is 2. The maximum Gasteiger partial charge on any atom is 1.00 e. The Morgan fingerprint density at radius 1 is 0.760 bits per heavy atom. The fourth-order valence-corrected chi connectivity index (χ4v) is 3.53. The number of hydrogen-bond acceptors (Lipinski definition) is 12. The second kappa shape index (κ2) is 34.0. The molecule has 0 spiro atoms. The first kappa shape index (κ1) is 48.6. The fourth-order valence-electron chi connectivity index (χ4n) is 3.53. The Bertz CT molecular complexity index is 1230. The molecule has 2 aromatic rings. The molecule has 0 unspecified atom stereocenters. The van der Waals surface area contributed by atoms with E-state index in [4.69, 9.17) is 27.1 Å². The van der Waals surface area contributed by atoms with Gasteiger partial charge in [0.15, 0.2) is 0 Å². The van der Waals surface area contributed by atoms with Crippen LogP contribution in [0.1, 0.15) is 60.7 Å². The molecule has 0 saturated carbocycles. The van der Waals surface area contributed by atoms with Gasteiger partial charge in [-0.15, -0.1) is 12.8 Å². The largest absolute Gasteiger partial charge is 1.00 e. The number of rotatable bonds is 3. The van der Waals surface area contributed by atoms with E-state index >= 15 is 0 Å². The van der Waals surface area contributed by atoms with Gasteiger partial charge in [0.1, 0.15) is 6.29 Å². The predicted molar refractivity (Wildman–Crippen MR) is 185 cm³/mol. The number of nitrogens with one attached hydrogen (secondary N) is 1. The van der Waals surface area contributed by atoms with Crippen molar-refractivity contribution < 1.29 is 77.4 Å². The Labute approximate surface area is 319 Å². The molecule has 3 saturated heterocycles. The van der Waals surface area contributed by atoms with Crippen LogP contribution in [0, 0.1) is 24.7 Å². The third kappa shape index (κ3) is 30.6. The Kier molecular flexibility index (Phi) is 33.0. The van der Waals surface area contributed by atoms with Crippen LogP contribution < -0.4 is 34.9 Å². The summed E-state index contributed by atoms with van der Waals surface area (Å²) in [5, 5.41) is 3.16. The summed E-state index contributed by atoms with van der Waals surface area (Å²) >= 11 is 0. The predicted octanol–water partition coefficient (Wildman–Crippen LogP) is 0.0481. The van der Waals surface area contributed by atoms with Crippen molar-refractivity contribution in [2.24, 2.45) is 0 Å². The molecule has 3 aliphatic heterocycles. The molecule has 3 radical (unpaired) electrons. The summed E-state index contributed by atoms with van der Waals surface area (Å²) in [6, 6.07) is 15.1. The number of ether oxygens (including phenoxy) is 3. The molecule has 1 N–H and O–H groups in total. The van der Waals surface area contributed by atoms with Crippen molar-refractivity contribution in [1.82, 2.24) is 10.2 Å². The summed E-state index contributed by atoms with van der Waals surface area (Å²) in [5.41, 5.74) is 3.71. The Hall–Kier alpha value is -3.50. The summed E-state index contributed by atoms with van der Waals surface area (Å²) in [6.45, 7) is 14.1. The van der Waals surface area contributed by atoms with Gasteiger partial charge in [0, 0.05) is 83.4 Å². The molecule has 3 heterocycles. The zero-order chi connectivity index (χ0) is 36.5. The van der Waals surface area contributed by atoms with Crippen molar-refractivity contribution in [3.8, 4) is 24.7 Å². The van der Waals surface area contributed by atoms with E-state index in [2.05, 4.69) is 56.7 Å². The Morgan fingerprint density at radius 2 is 1.18 bits per heavy atom. The fraction of sp³-hybridized carbons (Fsp3) is 0.444. The van der Waals surface area contributed by atoms with Crippen LogP contribution in [-0.4, -0.2) is 103 Å². The van der Waals surface area contributed by atoms with Gasteiger partial charge in [-0.05, 0) is 42.7 Å². The molecule has 14 heteroatoms. The second-order valence-corrected chi connectivity index (χ2v) is 10.1. The first-order valence-electron chi connectivity index (χ1n) is 15.6. The van der Waals surface area contributed by atoms with E-state index in [0.717, 1.165) is 104 Å². The van der Waals surface area contributed by atoms with E-state index in [1.807, 2.05) is 12.1 Å². The number of morpholine rings is 2. The molecule has 3 aliphatic rings. The van der Waals surface area contributed by atoms with Gasteiger partial charge in [-0.2, -0.15) is 0 Å². The van der Waals surface area contributed by atoms with Crippen LogP contribution in [0.5, 0.6) is 0 Å². The van der Waals surface area contributed by atoms with Crippen molar-refractivity contribution in [3.63, 3.8) is 0 Å². The SMILES string of the molecule is C#Cc1ccc(C=O)cc1.C#Cc1ccc(CN2CCOCC2)cc1.C1CCOC1.C1COCCN1.CC(=O)OOC(C)=O.[B-]OC(C)=O.[Na+]. The maximum atomic E-state index is 10.2. The quantitative estimate of drug-likeness (QED) is 0.152. The van der Waals surface area contributed by atoms with Crippen LogP contribution in [0.15, 0.2) is 48.5 Å². The summed E-state index contributed by atoms with van der Waals surface area (Å²) in [5.74, 6) is 3.34. The maximum absolute atomic E-state index is 10.2. The molecular formula is C36H47BN2NaO10.